The van der Waals surface area contributed by atoms with Crippen molar-refractivity contribution in [2.24, 2.45) is 0 Å². The van der Waals surface area contributed by atoms with Crippen LogP contribution in [0.5, 0.6) is 0 Å². The SMILES string of the molecule is CN(C)c1ccccc1Nc1ncc(Br)cc1F. The first-order chi connectivity index (χ1) is 8.58. The fourth-order valence-corrected chi connectivity index (χ4v) is 1.91. The Kier molecular flexibility index (Phi) is 3.81. The first-order valence-corrected chi connectivity index (χ1v) is 6.21. The van der Waals surface area contributed by atoms with E-state index in [0.29, 0.717) is 4.47 Å². The van der Waals surface area contributed by atoms with Gasteiger partial charge in [0.25, 0.3) is 0 Å². The number of nitrogens with zero attached hydrogens (tertiary/aromatic N) is 2. The van der Waals surface area contributed by atoms with Crippen molar-refractivity contribution in [3.63, 3.8) is 0 Å². The normalized spacial score (nSPS) is 10.2. The summed E-state index contributed by atoms with van der Waals surface area (Å²) >= 11 is 3.18. The van der Waals surface area contributed by atoms with Crippen LogP contribution in [0.4, 0.5) is 21.6 Å². The third kappa shape index (κ3) is 2.79. The Morgan fingerprint density at radius 3 is 2.67 bits per heavy atom. The summed E-state index contributed by atoms with van der Waals surface area (Å²) in [7, 11) is 3.87. The minimum absolute atomic E-state index is 0.215. The van der Waals surface area contributed by atoms with Crippen molar-refractivity contribution in [1.82, 2.24) is 4.98 Å². The first kappa shape index (κ1) is 12.8. The lowest BCUT2D eigenvalue weighted by atomic mass is 10.2. The molecule has 2 rings (SSSR count). The minimum atomic E-state index is -0.391. The van der Waals surface area contributed by atoms with Crippen LogP contribution in [0.1, 0.15) is 0 Å². The second kappa shape index (κ2) is 5.35. The van der Waals surface area contributed by atoms with Crippen LogP contribution in [0.3, 0.4) is 0 Å². The standard InChI is InChI=1S/C13H13BrFN3/c1-18(2)12-6-4-3-5-11(12)17-13-10(15)7-9(14)8-16-13/h3-8H,1-2H3,(H,16,17). The maximum absolute atomic E-state index is 13.7. The fourth-order valence-electron chi connectivity index (χ4n) is 1.60. The van der Waals surface area contributed by atoms with Crippen molar-refractivity contribution < 1.29 is 4.39 Å². The Labute approximate surface area is 114 Å². The molecule has 2 aromatic rings. The molecule has 18 heavy (non-hydrogen) atoms. The second-order valence-corrected chi connectivity index (χ2v) is 4.94. The number of para-hydroxylation sites is 2. The van der Waals surface area contributed by atoms with E-state index in [1.54, 1.807) is 6.20 Å². The maximum Gasteiger partial charge on any atom is 0.166 e. The van der Waals surface area contributed by atoms with E-state index in [-0.39, 0.29) is 5.82 Å². The number of benzene rings is 1. The van der Waals surface area contributed by atoms with Gasteiger partial charge in [-0.05, 0) is 34.1 Å². The lowest BCUT2D eigenvalue weighted by Gasteiger charge is -2.18. The van der Waals surface area contributed by atoms with Gasteiger partial charge in [0.1, 0.15) is 0 Å². The van der Waals surface area contributed by atoms with Gasteiger partial charge in [-0.1, -0.05) is 12.1 Å². The highest BCUT2D eigenvalue weighted by molar-refractivity contribution is 9.10. The Hall–Kier alpha value is -1.62. The van der Waals surface area contributed by atoms with Crippen LogP contribution in [0.25, 0.3) is 0 Å². The molecule has 1 aromatic carbocycles. The third-order valence-electron chi connectivity index (χ3n) is 2.45. The molecule has 0 spiro atoms. The number of nitrogens with one attached hydrogen (secondary N) is 1. The van der Waals surface area contributed by atoms with Crippen molar-refractivity contribution in [3.8, 4) is 0 Å². The van der Waals surface area contributed by atoms with Crippen molar-refractivity contribution >= 4 is 33.1 Å². The number of hydrogen-bond donors (Lipinski definition) is 1. The second-order valence-electron chi connectivity index (χ2n) is 4.02. The molecule has 0 aliphatic rings. The van der Waals surface area contributed by atoms with Crippen molar-refractivity contribution in [2.45, 2.75) is 0 Å². The minimum Gasteiger partial charge on any atom is -0.376 e. The summed E-state index contributed by atoms with van der Waals surface area (Å²) < 4.78 is 14.3. The number of anilines is 3. The van der Waals surface area contributed by atoms with Gasteiger partial charge >= 0.3 is 0 Å². The molecular weight excluding hydrogens is 297 g/mol. The molecule has 0 amide bonds. The topological polar surface area (TPSA) is 28.2 Å². The van der Waals surface area contributed by atoms with Gasteiger partial charge in [0.2, 0.25) is 0 Å². The number of halogens is 2. The van der Waals surface area contributed by atoms with Crippen LogP contribution in [-0.4, -0.2) is 19.1 Å². The van der Waals surface area contributed by atoms with E-state index in [2.05, 4.69) is 26.2 Å². The van der Waals surface area contributed by atoms with Gasteiger partial charge in [0.05, 0.1) is 11.4 Å². The van der Waals surface area contributed by atoms with E-state index >= 15 is 0 Å². The molecule has 0 aliphatic heterocycles. The molecule has 0 radical (unpaired) electrons. The molecule has 0 fully saturated rings. The molecular formula is C13H13BrFN3. The molecule has 1 aromatic heterocycles. The van der Waals surface area contributed by atoms with Gasteiger partial charge in [0, 0.05) is 24.8 Å². The summed E-state index contributed by atoms with van der Waals surface area (Å²) in [6.07, 6.45) is 1.56. The molecule has 0 bridgehead atoms. The van der Waals surface area contributed by atoms with Crippen LogP contribution in [0, 0.1) is 5.82 Å². The predicted molar refractivity (Wildman–Crippen MR) is 75.9 cm³/mol. The van der Waals surface area contributed by atoms with Crippen molar-refractivity contribution in [1.29, 1.82) is 0 Å². The van der Waals surface area contributed by atoms with E-state index in [0.717, 1.165) is 11.4 Å². The van der Waals surface area contributed by atoms with Crippen LogP contribution in [0.15, 0.2) is 41.0 Å². The van der Waals surface area contributed by atoms with Gasteiger partial charge in [-0.25, -0.2) is 9.37 Å². The van der Waals surface area contributed by atoms with Gasteiger partial charge < -0.3 is 10.2 Å². The summed E-state index contributed by atoms with van der Waals surface area (Å²) in [4.78, 5) is 5.98. The highest BCUT2D eigenvalue weighted by Gasteiger charge is 2.08. The van der Waals surface area contributed by atoms with Crippen molar-refractivity contribution in [3.05, 3.63) is 46.8 Å². The molecule has 0 atom stereocenters. The Morgan fingerprint density at radius 2 is 2.00 bits per heavy atom. The molecule has 1 N–H and O–H groups in total. The summed E-state index contributed by atoms with van der Waals surface area (Å²) in [6, 6.07) is 9.06. The van der Waals surface area contributed by atoms with Gasteiger partial charge in [-0.3, -0.25) is 0 Å². The smallest absolute Gasteiger partial charge is 0.166 e. The Morgan fingerprint density at radius 1 is 1.28 bits per heavy atom. The van der Waals surface area contributed by atoms with E-state index in [1.807, 2.05) is 43.3 Å². The summed E-state index contributed by atoms with van der Waals surface area (Å²) in [6.45, 7) is 0. The molecule has 5 heteroatoms. The highest BCUT2D eigenvalue weighted by atomic mass is 79.9. The maximum atomic E-state index is 13.7. The number of pyridine rings is 1. The van der Waals surface area contributed by atoms with E-state index in [9.17, 15) is 4.39 Å². The summed E-state index contributed by atoms with van der Waals surface area (Å²) in [5.74, 6) is -0.176. The van der Waals surface area contributed by atoms with E-state index < -0.39 is 5.82 Å². The van der Waals surface area contributed by atoms with Gasteiger partial charge in [0.15, 0.2) is 11.6 Å². The quantitative estimate of drug-likeness (QED) is 0.935. The average Bonchev–Trinajstić information content (AvgIpc) is 2.33. The van der Waals surface area contributed by atoms with Gasteiger partial charge in [-0.15, -0.1) is 0 Å². The Bertz CT molecular complexity index is 558. The highest BCUT2D eigenvalue weighted by Crippen LogP contribution is 2.27. The third-order valence-corrected chi connectivity index (χ3v) is 2.88. The summed E-state index contributed by atoms with van der Waals surface area (Å²) in [5, 5.41) is 3.00. The van der Waals surface area contributed by atoms with Crippen LogP contribution < -0.4 is 10.2 Å². The zero-order valence-electron chi connectivity index (χ0n) is 10.1. The molecule has 94 valence electrons. The van der Waals surface area contributed by atoms with Crippen LogP contribution >= 0.6 is 15.9 Å². The van der Waals surface area contributed by atoms with Crippen molar-refractivity contribution in [2.75, 3.05) is 24.3 Å². The summed E-state index contributed by atoms with van der Waals surface area (Å²) in [5.41, 5.74) is 1.79. The van der Waals surface area contributed by atoms with E-state index in [1.165, 1.54) is 6.07 Å². The number of hydrogen-bond acceptors (Lipinski definition) is 3. The molecule has 1 heterocycles. The number of aromatic nitrogens is 1. The molecule has 3 nitrogen and oxygen atoms in total. The first-order valence-electron chi connectivity index (χ1n) is 5.42. The molecule has 0 unspecified atom stereocenters. The predicted octanol–water partition coefficient (Wildman–Crippen LogP) is 3.79. The molecule has 0 aliphatic carbocycles. The molecule has 0 saturated carbocycles. The zero-order valence-corrected chi connectivity index (χ0v) is 11.7. The average molecular weight is 310 g/mol. The largest absolute Gasteiger partial charge is 0.376 e. The van der Waals surface area contributed by atoms with E-state index in [4.69, 9.17) is 0 Å². The van der Waals surface area contributed by atoms with Gasteiger partial charge in [-0.2, -0.15) is 0 Å². The van der Waals surface area contributed by atoms with Crippen LogP contribution in [-0.2, 0) is 0 Å². The zero-order chi connectivity index (χ0) is 13.1. The number of rotatable bonds is 3. The lowest BCUT2D eigenvalue weighted by molar-refractivity contribution is 0.625. The lowest BCUT2D eigenvalue weighted by Crippen LogP contribution is -2.11. The monoisotopic (exact) mass is 309 g/mol. The molecule has 0 saturated heterocycles. The van der Waals surface area contributed by atoms with Crippen LogP contribution in [0.2, 0.25) is 0 Å². The Balaban J connectivity index is 2.34. The fraction of sp³-hybridized carbons (Fsp3) is 0.154.